The summed E-state index contributed by atoms with van der Waals surface area (Å²) in [6.45, 7) is 5.81. The Kier molecular flexibility index (Phi) is 6.07. The molecule has 0 radical (unpaired) electrons. The van der Waals surface area contributed by atoms with Gasteiger partial charge in [0.25, 0.3) is 0 Å². The van der Waals surface area contributed by atoms with Crippen molar-refractivity contribution in [3.05, 3.63) is 48.2 Å². The van der Waals surface area contributed by atoms with Gasteiger partial charge < -0.3 is 0 Å². The van der Waals surface area contributed by atoms with Crippen molar-refractivity contribution in [2.75, 3.05) is 0 Å². The van der Waals surface area contributed by atoms with Crippen LogP contribution in [0.3, 0.4) is 0 Å². The summed E-state index contributed by atoms with van der Waals surface area (Å²) >= 11 is 4.27. The largest absolute Gasteiger partial charge is 0.143 e. The van der Waals surface area contributed by atoms with Crippen molar-refractivity contribution in [2.45, 2.75) is 37.5 Å². The molecule has 0 spiro atoms. The predicted molar refractivity (Wildman–Crippen MR) is 74.1 cm³/mol. The standard InChI is InChI=1S/C15H20S/c1-3-6-13(2)7-4-5-8-14-9-11-15(16)12-10-14/h6,9-13,16H,1,4-5,7-8H2,2H3. The molecule has 0 bridgehead atoms. The van der Waals surface area contributed by atoms with Gasteiger partial charge in [0.05, 0.1) is 0 Å². The molecule has 0 heterocycles. The molecule has 0 aliphatic heterocycles. The fourth-order valence-electron chi connectivity index (χ4n) is 1.74. The van der Waals surface area contributed by atoms with Crippen molar-refractivity contribution in [1.29, 1.82) is 0 Å². The smallest absolute Gasteiger partial charge is 0.00401 e. The summed E-state index contributed by atoms with van der Waals surface area (Å²) < 4.78 is 0. The predicted octanol–water partition coefficient (Wildman–Crippen LogP) is 4.67. The molecule has 1 aromatic carbocycles. The molecule has 0 saturated heterocycles. The minimum Gasteiger partial charge on any atom is -0.143 e. The van der Waals surface area contributed by atoms with Gasteiger partial charge in [0, 0.05) is 4.90 Å². The van der Waals surface area contributed by atoms with Crippen LogP contribution >= 0.6 is 12.6 Å². The third-order valence-corrected chi connectivity index (χ3v) is 3.01. The van der Waals surface area contributed by atoms with Gasteiger partial charge >= 0.3 is 0 Å². The first kappa shape index (κ1) is 13.2. The first-order chi connectivity index (χ1) is 7.72. The maximum atomic E-state index is 4.27. The molecule has 86 valence electrons. The number of hydrogen-bond donors (Lipinski definition) is 1. The van der Waals surface area contributed by atoms with E-state index < -0.39 is 0 Å². The minimum absolute atomic E-state index is 0.609. The van der Waals surface area contributed by atoms with Crippen molar-refractivity contribution in [3.8, 4) is 0 Å². The minimum atomic E-state index is 0.609. The first-order valence-electron chi connectivity index (χ1n) is 5.86. The summed E-state index contributed by atoms with van der Waals surface area (Å²) in [6, 6.07) is 8.44. The Balaban J connectivity index is 2.20. The Morgan fingerprint density at radius 1 is 1.31 bits per heavy atom. The van der Waals surface area contributed by atoms with Crippen molar-refractivity contribution >= 4 is 12.6 Å². The molecule has 0 N–H and O–H groups in total. The van der Waals surface area contributed by atoms with Crippen LogP contribution < -0.4 is 0 Å². The average Bonchev–Trinajstić information content (AvgIpc) is 2.27. The fourth-order valence-corrected chi connectivity index (χ4v) is 1.89. The Bertz CT molecular complexity index is 344. The van der Waals surface area contributed by atoms with E-state index in [1.165, 1.54) is 31.2 Å². The van der Waals surface area contributed by atoms with Gasteiger partial charge in [-0.3, -0.25) is 0 Å². The lowest BCUT2D eigenvalue weighted by molar-refractivity contribution is 0.581. The molecule has 1 aromatic rings. The van der Waals surface area contributed by atoms with Gasteiger partial charge in [-0.25, -0.2) is 0 Å². The number of hydrogen-bond acceptors (Lipinski definition) is 1. The van der Waals surface area contributed by atoms with Crippen molar-refractivity contribution in [1.82, 2.24) is 0 Å². The number of allylic oxidation sites excluding steroid dienone is 1. The molecule has 0 amide bonds. The summed E-state index contributed by atoms with van der Waals surface area (Å²) in [6.07, 6.45) is 6.96. The van der Waals surface area contributed by atoms with E-state index in [1.54, 1.807) is 0 Å². The molecule has 1 heteroatoms. The molecular formula is C15H20S. The Hall–Kier alpha value is -0.910. The van der Waals surface area contributed by atoms with Crippen LogP contribution in [0.15, 0.2) is 47.5 Å². The van der Waals surface area contributed by atoms with Gasteiger partial charge in [-0.05, 0) is 49.0 Å². The van der Waals surface area contributed by atoms with Crippen LogP contribution in [0, 0.1) is 5.92 Å². The van der Waals surface area contributed by atoms with Crippen molar-refractivity contribution < 1.29 is 0 Å². The fraction of sp³-hybridized carbons (Fsp3) is 0.400. The average molecular weight is 232 g/mol. The lowest BCUT2D eigenvalue weighted by Crippen LogP contribution is -1.91. The van der Waals surface area contributed by atoms with Crippen LogP contribution in [0.5, 0.6) is 0 Å². The Labute approximate surface area is 104 Å². The number of thiol groups is 1. The summed E-state index contributed by atoms with van der Waals surface area (Å²) in [4.78, 5) is 1.04. The zero-order chi connectivity index (χ0) is 11.8. The van der Waals surface area contributed by atoms with Crippen molar-refractivity contribution in [3.63, 3.8) is 0 Å². The molecule has 1 unspecified atom stereocenters. The number of unbranched alkanes of at least 4 members (excludes halogenated alkanes) is 1. The second-order valence-corrected chi connectivity index (χ2v) is 4.78. The summed E-state index contributed by atoms with van der Waals surface area (Å²) in [5, 5.41) is 0. The number of benzene rings is 1. The summed E-state index contributed by atoms with van der Waals surface area (Å²) in [5.41, 5.74) is 4.26. The van der Waals surface area contributed by atoms with E-state index in [9.17, 15) is 0 Å². The van der Waals surface area contributed by atoms with Gasteiger partial charge in [-0.1, -0.05) is 32.1 Å². The third kappa shape index (κ3) is 5.25. The summed E-state index contributed by atoms with van der Waals surface area (Å²) in [5.74, 6) is 0.609. The quantitative estimate of drug-likeness (QED) is 0.411. The third-order valence-electron chi connectivity index (χ3n) is 2.71. The van der Waals surface area contributed by atoms with E-state index in [2.05, 4.69) is 62.2 Å². The number of rotatable bonds is 6. The van der Waals surface area contributed by atoms with E-state index in [1.807, 2.05) is 0 Å². The van der Waals surface area contributed by atoms with E-state index in [0.29, 0.717) is 5.92 Å². The molecule has 0 fully saturated rings. The summed E-state index contributed by atoms with van der Waals surface area (Å²) in [7, 11) is 0. The highest BCUT2D eigenvalue weighted by atomic mass is 32.1. The Morgan fingerprint density at radius 3 is 2.62 bits per heavy atom. The number of aryl methyl sites for hydroxylation is 1. The molecule has 0 saturated carbocycles. The topological polar surface area (TPSA) is 0 Å². The second-order valence-electron chi connectivity index (χ2n) is 4.26. The Morgan fingerprint density at radius 2 is 2.00 bits per heavy atom. The highest BCUT2D eigenvalue weighted by molar-refractivity contribution is 7.80. The second kappa shape index (κ2) is 7.38. The molecular weight excluding hydrogens is 212 g/mol. The van der Waals surface area contributed by atoms with Crippen LogP contribution in [-0.4, -0.2) is 0 Å². The van der Waals surface area contributed by atoms with Gasteiger partial charge in [0.15, 0.2) is 0 Å². The maximum Gasteiger partial charge on any atom is 0.00401 e. The zero-order valence-electron chi connectivity index (χ0n) is 9.95. The van der Waals surface area contributed by atoms with E-state index in [0.717, 1.165) is 4.90 Å². The van der Waals surface area contributed by atoms with E-state index in [-0.39, 0.29) is 0 Å². The highest BCUT2D eigenvalue weighted by Gasteiger charge is 1.97. The molecule has 0 aliphatic rings. The van der Waals surface area contributed by atoms with Crippen LogP contribution in [0.1, 0.15) is 31.7 Å². The normalized spacial score (nSPS) is 11.9. The molecule has 16 heavy (non-hydrogen) atoms. The highest BCUT2D eigenvalue weighted by Crippen LogP contribution is 2.13. The van der Waals surface area contributed by atoms with Crippen molar-refractivity contribution in [2.24, 2.45) is 5.92 Å². The van der Waals surface area contributed by atoms with Gasteiger partial charge in [-0.2, -0.15) is 0 Å². The van der Waals surface area contributed by atoms with Crippen LogP contribution in [-0.2, 0) is 6.42 Å². The van der Waals surface area contributed by atoms with Gasteiger partial charge in [0.1, 0.15) is 0 Å². The zero-order valence-corrected chi connectivity index (χ0v) is 10.8. The van der Waals surface area contributed by atoms with Crippen LogP contribution in [0.25, 0.3) is 0 Å². The molecule has 1 atom stereocenters. The lowest BCUT2D eigenvalue weighted by Gasteiger charge is -2.05. The van der Waals surface area contributed by atoms with Gasteiger partial charge in [-0.15, -0.1) is 18.4 Å². The molecule has 0 aromatic heterocycles. The maximum absolute atomic E-state index is 4.27. The van der Waals surface area contributed by atoms with E-state index in [4.69, 9.17) is 0 Å². The monoisotopic (exact) mass is 232 g/mol. The SMILES string of the molecule is C=C=CC(C)CCCCc1ccc(S)cc1. The molecule has 0 nitrogen and oxygen atoms in total. The van der Waals surface area contributed by atoms with E-state index >= 15 is 0 Å². The van der Waals surface area contributed by atoms with Crippen LogP contribution in [0.4, 0.5) is 0 Å². The molecule has 1 rings (SSSR count). The van der Waals surface area contributed by atoms with Crippen LogP contribution in [0.2, 0.25) is 0 Å². The molecule has 0 aliphatic carbocycles. The first-order valence-corrected chi connectivity index (χ1v) is 6.31. The van der Waals surface area contributed by atoms with Gasteiger partial charge in [0.2, 0.25) is 0 Å². The lowest BCUT2D eigenvalue weighted by atomic mass is 10.0.